The summed E-state index contributed by atoms with van der Waals surface area (Å²) in [6.45, 7) is 4.11. The maximum Gasteiger partial charge on any atom is 0.416 e. The van der Waals surface area contributed by atoms with E-state index in [9.17, 15) is 26.3 Å². The second-order valence-electron chi connectivity index (χ2n) is 14.5. The number of hydrogen-bond acceptors (Lipinski definition) is 2. The predicted octanol–water partition coefficient (Wildman–Crippen LogP) is 11.8. The molecule has 1 aliphatic carbocycles. The van der Waals surface area contributed by atoms with Crippen molar-refractivity contribution in [1.82, 2.24) is 0 Å². The summed E-state index contributed by atoms with van der Waals surface area (Å²) in [5.41, 5.74) is 10.8. The summed E-state index contributed by atoms with van der Waals surface area (Å²) in [5.74, 6) is -0.116. The van der Waals surface area contributed by atoms with E-state index in [1.807, 2.05) is 48.5 Å². The molecular formula is C46H33BF6N2. The highest BCUT2D eigenvalue weighted by molar-refractivity contribution is 6.90. The van der Waals surface area contributed by atoms with Crippen LogP contribution in [0.25, 0.3) is 22.3 Å². The summed E-state index contributed by atoms with van der Waals surface area (Å²) < 4.78 is 81.5. The Hall–Kier alpha value is -5.96. The minimum atomic E-state index is -4.45. The van der Waals surface area contributed by atoms with E-state index in [0.29, 0.717) is 11.1 Å². The van der Waals surface area contributed by atoms with Crippen molar-refractivity contribution in [1.29, 1.82) is 0 Å². The van der Waals surface area contributed by atoms with Gasteiger partial charge in [0, 0.05) is 39.7 Å². The number of halogens is 6. The Balaban J connectivity index is 1.25. The zero-order valence-corrected chi connectivity index (χ0v) is 29.8. The summed E-state index contributed by atoms with van der Waals surface area (Å²) in [4.78, 5) is 4.59. The number of nitrogens with zero attached hydrogens (tertiary/aromatic N) is 2. The molecule has 2 unspecified atom stereocenters. The summed E-state index contributed by atoms with van der Waals surface area (Å²) in [6.07, 6.45) is -2.49. The second kappa shape index (κ2) is 12.8. The second-order valence-corrected chi connectivity index (χ2v) is 14.5. The van der Waals surface area contributed by atoms with Gasteiger partial charge < -0.3 is 9.80 Å². The van der Waals surface area contributed by atoms with Gasteiger partial charge in [0.15, 0.2) is 0 Å². The van der Waals surface area contributed by atoms with E-state index < -0.39 is 23.5 Å². The molecule has 2 nitrogen and oxygen atoms in total. The van der Waals surface area contributed by atoms with Crippen LogP contribution in [-0.2, 0) is 12.4 Å². The summed E-state index contributed by atoms with van der Waals surface area (Å²) >= 11 is 0. The lowest BCUT2D eigenvalue weighted by Gasteiger charge is -2.53. The molecule has 0 spiro atoms. The Bertz CT molecular complexity index is 2520. The molecule has 0 radical (unpaired) electrons. The third-order valence-corrected chi connectivity index (χ3v) is 11.1. The molecular weight excluding hydrogens is 705 g/mol. The number of anilines is 4. The zero-order valence-electron chi connectivity index (χ0n) is 29.8. The van der Waals surface area contributed by atoms with Gasteiger partial charge in [0.1, 0.15) is 0 Å². The quantitative estimate of drug-likeness (QED) is 0.131. The first-order chi connectivity index (χ1) is 26.4. The monoisotopic (exact) mass is 738 g/mol. The Labute approximate surface area is 315 Å². The van der Waals surface area contributed by atoms with Crippen LogP contribution in [0.4, 0.5) is 49.1 Å². The van der Waals surface area contributed by atoms with Gasteiger partial charge in [-0.05, 0) is 90.5 Å². The first-order valence-electron chi connectivity index (χ1n) is 18.1. The molecule has 2 atom stereocenters. The number of aryl methyl sites for hydroxylation is 2. The number of rotatable bonds is 4. The largest absolute Gasteiger partial charge is 0.416 e. The Morgan fingerprint density at radius 1 is 0.527 bits per heavy atom. The van der Waals surface area contributed by atoms with Crippen molar-refractivity contribution in [2.45, 2.75) is 38.1 Å². The molecule has 272 valence electrons. The molecule has 0 bridgehead atoms. The smallest absolute Gasteiger partial charge is 0.334 e. The molecule has 0 fully saturated rings. The lowest BCUT2D eigenvalue weighted by Crippen LogP contribution is -2.63. The van der Waals surface area contributed by atoms with Gasteiger partial charge in [0.2, 0.25) is 6.71 Å². The third-order valence-electron chi connectivity index (χ3n) is 11.1. The van der Waals surface area contributed by atoms with Crippen LogP contribution >= 0.6 is 0 Å². The lowest BCUT2D eigenvalue weighted by atomic mass is 9.28. The molecule has 3 aliphatic rings. The van der Waals surface area contributed by atoms with Crippen LogP contribution in [0.2, 0.25) is 5.82 Å². The Morgan fingerprint density at radius 3 is 1.58 bits per heavy atom. The molecule has 2 aliphatic heterocycles. The number of para-hydroxylation sites is 2. The van der Waals surface area contributed by atoms with Gasteiger partial charge in [-0.2, -0.15) is 26.3 Å². The fourth-order valence-electron chi connectivity index (χ4n) is 8.71. The van der Waals surface area contributed by atoms with Crippen molar-refractivity contribution in [3.05, 3.63) is 180 Å². The van der Waals surface area contributed by atoms with Crippen LogP contribution < -0.4 is 20.7 Å². The molecule has 9 heteroatoms. The minimum absolute atomic E-state index is 0.0463. The van der Waals surface area contributed by atoms with Crippen LogP contribution in [0, 0.1) is 13.8 Å². The van der Waals surface area contributed by atoms with Gasteiger partial charge in [-0.15, -0.1) is 0 Å². The third kappa shape index (κ3) is 5.84. The van der Waals surface area contributed by atoms with Gasteiger partial charge in [-0.3, -0.25) is 0 Å². The fourth-order valence-corrected chi connectivity index (χ4v) is 8.71. The van der Waals surface area contributed by atoms with Crippen LogP contribution in [-0.4, -0.2) is 12.8 Å². The van der Waals surface area contributed by atoms with E-state index in [1.54, 1.807) is 0 Å². The average Bonchev–Trinajstić information content (AvgIpc) is 3.17. The van der Waals surface area contributed by atoms with Gasteiger partial charge in [0.05, 0.1) is 22.9 Å². The zero-order chi connectivity index (χ0) is 38.2. The van der Waals surface area contributed by atoms with E-state index in [2.05, 4.69) is 78.3 Å². The van der Waals surface area contributed by atoms with Crippen molar-refractivity contribution in [2.24, 2.45) is 0 Å². The number of alkyl halides is 6. The Kier molecular flexibility index (Phi) is 8.11. The van der Waals surface area contributed by atoms with E-state index in [1.165, 1.54) is 24.3 Å². The van der Waals surface area contributed by atoms with E-state index >= 15 is 0 Å². The Morgan fingerprint density at radius 2 is 1.02 bits per heavy atom. The minimum Gasteiger partial charge on any atom is -0.334 e. The van der Waals surface area contributed by atoms with Gasteiger partial charge in [-0.1, -0.05) is 108 Å². The van der Waals surface area contributed by atoms with Crippen LogP contribution in [0.5, 0.6) is 0 Å². The number of benzene rings is 6. The first kappa shape index (κ1) is 34.8. The molecule has 0 N–H and O–H groups in total. The van der Waals surface area contributed by atoms with Crippen LogP contribution in [0.3, 0.4) is 0 Å². The van der Waals surface area contributed by atoms with Gasteiger partial charge in [-0.25, -0.2) is 0 Å². The molecule has 6 aromatic carbocycles. The van der Waals surface area contributed by atoms with E-state index in [4.69, 9.17) is 0 Å². The molecule has 2 heterocycles. The first-order valence-corrected chi connectivity index (χ1v) is 18.1. The van der Waals surface area contributed by atoms with Crippen LogP contribution in [0.15, 0.2) is 157 Å². The number of hydrogen-bond donors (Lipinski definition) is 0. The summed E-state index contributed by atoms with van der Waals surface area (Å²) in [5, 5.41) is 0. The van der Waals surface area contributed by atoms with Crippen molar-refractivity contribution in [3.63, 3.8) is 0 Å². The lowest BCUT2D eigenvalue weighted by molar-refractivity contribution is -0.138. The number of fused-ring (bicyclic) bond motifs is 4. The molecule has 55 heavy (non-hydrogen) atoms. The molecule has 0 amide bonds. The van der Waals surface area contributed by atoms with Gasteiger partial charge >= 0.3 is 12.4 Å². The maximum atomic E-state index is 13.6. The van der Waals surface area contributed by atoms with E-state index in [0.717, 1.165) is 85.9 Å². The molecule has 0 aromatic heterocycles. The molecule has 9 rings (SSSR count). The maximum absolute atomic E-state index is 13.6. The fraction of sp³-hybridized carbons (Fsp3) is 0.130. The highest BCUT2D eigenvalue weighted by Crippen LogP contribution is 2.52. The van der Waals surface area contributed by atoms with E-state index in [-0.39, 0.29) is 18.6 Å². The SMILES string of the molecule is Cc1ccc2c(c1)B1c3cc(C)ccc3N(c3ccccc3-c3ccc(C(F)(F)F)cc3)C3C=CC=C(C13)N2c1ccccc1-c1ccc(C(F)(F)F)cc1. The number of allylic oxidation sites excluding steroid dienone is 2. The average molecular weight is 739 g/mol. The normalized spacial score (nSPS) is 17.4. The van der Waals surface area contributed by atoms with Crippen LogP contribution in [0.1, 0.15) is 22.3 Å². The molecule has 0 saturated heterocycles. The topological polar surface area (TPSA) is 6.48 Å². The summed E-state index contributed by atoms with van der Waals surface area (Å²) in [7, 11) is 0. The van der Waals surface area contributed by atoms with Crippen molar-refractivity contribution in [2.75, 3.05) is 9.80 Å². The highest BCUT2D eigenvalue weighted by Gasteiger charge is 2.52. The standard InChI is InChI=1S/C46H33BF6N2/c1-28-14-24-40-36(26-28)47-37-27-29(2)15-25-41(37)55(39-11-6-4-9-35(39)31-18-22-33(23-19-31)46(51,52)53)43-13-7-12-42(44(43)47)54(40)38-10-5-3-8-34(38)30-16-20-32(21-17-30)45(48,49)50/h3-27,42,44H,1-2H3. The van der Waals surface area contributed by atoms with Crippen molar-refractivity contribution in [3.8, 4) is 22.3 Å². The summed E-state index contributed by atoms with van der Waals surface area (Å²) in [6, 6.07) is 39.1. The molecule has 6 aromatic rings. The molecule has 0 saturated carbocycles. The van der Waals surface area contributed by atoms with Crippen molar-refractivity contribution >= 4 is 40.4 Å². The van der Waals surface area contributed by atoms with Gasteiger partial charge in [0.25, 0.3) is 0 Å². The predicted molar refractivity (Wildman–Crippen MR) is 210 cm³/mol. The van der Waals surface area contributed by atoms with Crippen molar-refractivity contribution < 1.29 is 26.3 Å². The highest BCUT2D eigenvalue weighted by atomic mass is 19.4.